The largest absolute Gasteiger partial charge is 0.476 e. The van der Waals surface area contributed by atoms with Crippen LogP contribution in [-0.2, 0) is 6.54 Å². The number of halogens is 2. The summed E-state index contributed by atoms with van der Waals surface area (Å²) in [5.41, 5.74) is 8.85. The molecule has 0 aliphatic carbocycles. The third-order valence-corrected chi connectivity index (χ3v) is 1.79. The molecule has 0 unspecified atom stereocenters. The molecule has 1 rings (SSSR count). The van der Waals surface area contributed by atoms with Gasteiger partial charge in [0.15, 0.2) is 5.69 Å². The van der Waals surface area contributed by atoms with Crippen LogP contribution in [0.1, 0.15) is 28.2 Å². The quantitative estimate of drug-likeness (QED) is 0.693. The van der Waals surface area contributed by atoms with Crippen LogP contribution in [-0.4, -0.2) is 16.1 Å². The number of carboxylic acids is 1. The molecule has 0 saturated heterocycles. The van der Waals surface area contributed by atoms with Crippen LogP contribution in [0.4, 0.5) is 14.5 Å². The van der Waals surface area contributed by atoms with Gasteiger partial charge in [-0.25, -0.2) is 18.6 Å². The molecule has 0 spiro atoms. The van der Waals surface area contributed by atoms with Gasteiger partial charge in [-0.2, -0.15) is 0 Å². The molecule has 0 saturated carbocycles. The molecule has 1 heterocycles. The van der Waals surface area contributed by atoms with Crippen LogP contribution < -0.4 is 11.5 Å². The van der Waals surface area contributed by atoms with E-state index in [4.69, 9.17) is 16.6 Å². The number of alkyl halides is 2. The standard InChI is InChI=1S/C8H9F2N3O2/c9-7(10)4-1-3(2-11)13-6(5(4)12)8(14)15/h1,7H,2,11-12H2,(H,14,15). The second-order valence-corrected chi connectivity index (χ2v) is 2.78. The molecule has 0 aromatic carbocycles. The lowest BCUT2D eigenvalue weighted by Crippen LogP contribution is -2.12. The summed E-state index contributed by atoms with van der Waals surface area (Å²) in [6.45, 7) is -0.125. The first-order valence-electron chi connectivity index (χ1n) is 3.98. The molecule has 5 N–H and O–H groups in total. The number of aromatic carboxylic acids is 1. The zero-order valence-corrected chi connectivity index (χ0v) is 7.58. The van der Waals surface area contributed by atoms with Crippen LogP contribution in [0.2, 0.25) is 0 Å². The van der Waals surface area contributed by atoms with Gasteiger partial charge in [0.05, 0.1) is 11.4 Å². The van der Waals surface area contributed by atoms with E-state index in [2.05, 4.69) is 4.98 Å². The number of carbonyl (C=O) groups is 1. The lowest BCUT2D eigenvalue weighted by Gasteiger charge is -2.09. The second-order valence-electron chi connectivity index (χ2n) is 2.78. The molecular weight excluding hydrogens is 208 g/mol. The monoisotopic (exact) mass is 217 g/mol. The fourth-order valence-electron chi connectivity index (χ4n) is 1.08. The Morgan fingerprint density at radius 3 is 2.60 bits per heavy atom. The number of pyridine rings is 1. The van der Waals surface area contributed by atoms with E-state index in [1.165, 1.54) is 0 Å². The highest BCUT2D eigenvalue weighted by molar-refractivity contribution is 5.92. The minimum atomic E-state index is -2.85. The van der Waals surface area contributed by atoms with E-state index < -0.39 is 29.3 Å². The SMILES string of the molecule is NCc1cc(C(F)F)c(N)c(C(=O)O)n1. The number of rotatable bonds is 3. The highest BCUT2D eigenvalue weighted by Gasteiger charge is 2.20. The minimum absolute atomic E-state index is 0.0666. The first kappa shape index (κ1) is 11.3. The van der Waals surface area contributed by atoms with Crippen LogP contribution in [0.15, 0.2) is 6.07 Å². The van der Waals surface area contributed by atoms with Gasteiger partial charge in [0.2, 0.25) is 0 Å². The highest BCUT2D eigenvalue weighted by Crippen LogP contribution is 2.27. The number of hydrogen-bond acceptors (Lipinski definition) is 4. The summed E-state index contributed by atoms with van der Waals surface area (Å²) in [6, 6.07) is 1.01. The van der Waals surface area contributed by atoms with E-state index in [-0.39, 0.29) is 12.2 Å². The van der Waals surface area contributed by atoms with Crippen molar-refractivity contribution in [2.75, 3.05) is 5.73 Å². The summed E-state index contributed by atoms with van der Waals surface area (Å²) in [5.74, 6) is -1.45. The third-order valence-electron chi connectivity index (χ3n) is 1.79. The Bertz CT molecular complexity index is 396. The maximum atomic E-state index is 12.4. The molecule has 1 aromatic heterocycles. The van der Waals surface area contributed by atoms with Crippen LogP contribution in [0.25, 0.3) is 0 Å². The van der Waals surface area contributed by atoms with Gasteiger partial charge in [0.1, 0.15) is 0 Å². The Kier molecular flexibility index (Phi) is 3.15. The summed E-state index contributed by atoms with van der Waals surface area (Å²) in [5, 5.41) is 8.66. The zero-order chi connectivity index (χ0) is 11.6. The van der Waals surface area contributed by atoms with Crippen LogP contribution in [0, 0.1) is 0 Å². The number of carboxylic acid groups (broad SMARTS) is 1. The number of nitrogen functional groups attached to an aromatic ring is 1. The minimum Gasteiger partial charge on any atom is -0.476 e. The Balaban J connectivity index is 3.40. The topological polar surface area (TPSA) is 102 Å². The average molecular weight is 217 g/mol. The Morgan fingerprint density at radius 2 is 2.20 bits per heavy atom. The normalized spacial score (nSPS) is 10.7. The maximum Gasteiger partial charge on any atom is 0.356 e. The van der Waals surface area contributed by atoms with Crippen molar-refractivity contribution in [1.29, 1.82) is 0 Å². The molecule has 82 valence electrons. The fourth-order valence-corrected chi connectivity index (χ4v) is 1.08. The molecule has 0 radical (unpaired) electrons. The van der Waals surface area contributed by atoms with Gasteiger partial charge in [-0.3, -0.25) is 0 Å². The molecule has 0 aliphatic rings. The lowest BCUT2D eigenvalue weighted by molar-refractivity contribution is 0.0691. The number of aromatic nitrogens is 1. The zero-order valence-electron chi connectivity index (χ0n) is 7.58. The highest BCUT2D eigenvalue weighted by atomic mass is 19.3. The Hall–Kier alpha value is -1.76. The molecular formula is C8H9F2N3O2. The number of nitrogens with zero attached hydrogens (tertiary/aromatic N) is 1. The van der Waals surface area contributed by atoms with Crippen molar-refractivity contribution >= 4 is 11.7 Å². The molecule has 0 fully saturated rings. The van der Waals surface area contributed by atoms with Crippen LogP contribution >= 0.6 is 0 Å². The molecule has 5 nitrogen and oxygen atoms in total. The van der Waals surface area contributed by atoms with Crippen molar-refractivity contribution in [3.63, 3.8) is 0 Å². The van der Waals surface area contributed by atoms with E-state index in [1.807, 2.05) is 0 Å². The maximum absolute atomic E-state index is 12.4. The van der Waals surface area contributed by atoms with E-state index >= 15 is 0 Å². The van der Waals surface area contributed by atoms with Gasteiger partial charge < -0.3 is 16.6 Å². The summed E-state index contributed by atoms with van der Waals surface area (Å²) in [4.78, 5) is 14.2. The molecule has 1 aromatic rings. The van der Waals surface area contributed by atoms with Gasteiger partial charge in [-0.1, -0.05) is 0 Å². The molecule has 0 amide bonds. The van der Waals surface area contributed by atoms with Gasteiger partial charge in [0, 0.05) is 12.1 Å². The fraction of sp³-hybridized carbons (Fsp3) is 0.250. The number of anilines is 1. The lowest BCUT2D eigenvalue weighted by atomic mass is 10.1. The molecule has 0 atom stereocenters. The van der Waals surface area contributed by atoms with Crippen LogP contribution in [0.3, 0.4) is 0 Å². The average Bonchev–Trinajstić information content (AvgIpc) is 2.17. The predicted molar refractivity (Wildman–Crippen MR) is 48.5 cm³/mol. The Morgan fingerprint density at radius 1 is 1.60 bits per heavy atom. The molecule has 0 aliphatic heterocycles. The third kappa shape index (κ3) is 2.18. The molecule has 0 bridgehead atoms. The summed E-state index contributed by atoms with van der Waals surface area (Å²) in [6.07, 6.45) is -2.85. The van der Waals surface area contributed by atoms with Gasteiger partial charge >= 0.3 is 5.97 Å². The summed E-state index contributed by atoms with van der Waals surface area (Å²) in [7, 11) is 0. The van der Waals surface area contributed by atoms with E-state index in [0.29, 0.717) is 0 Å². The van der Waals surface area contributed by atoms with Crippen molar-refractivity contribution < 1.29 is 18.7 Å². The number of hydrogen-bond donors (Lipinski definition) is 3. The van der Waals surface area contributed by atoms with E-state index in [1.54, 1.807) is 0 Å². The Labute approximate surface area is 83.7 Å². The van der Waals surface area contributed by atoms with Crippen molar-refractivity contribution in [2.24, 2.45) is 5.73 Å². The van der Waals surface area contributed by atoms with Crippen molar-refractivity contribution in [3.05, 3.63) is 23.0 Å². The van der Waals surface area contributed by atoms with Gasteiger partial charge in [-0.05, 0) is 6.07 Å². The number of nitrogens with two attached hydrogens (primary N) is 2. The molecule has 15 heavy (non-hydrogen) atoms. The summed E-state index contributed by atoms with van der Waals surface area (Å²) >= 11 is 0. The van der Waals surface area contributed by atoms with E-state index in [0.717, 1.165) is 6.07 Å². The van der Waals surface area contributed by atoms with Crippen molar-refractivity contribution in [3.8, 4) is 0 Å². The first-order chi connectivity index (χ1) is 6.97. The predicted octanol–water partition coefficient (Wildman–Crippen LogP) is 0.758. The van der Waals surface area contributed by atoms with Crippen molar-refractivity contribution in [2.45, 2.75) is 13.0 Å². The molecule has 7 heteroatoms. The van der Waals surface area contributed by atoms with Crippen molar-refractivity contribution in [1.82, 2.24) is 4.98 Å². The summed E-state index contributed by atoms with van der Waals surface area (Å²) < 4.78 is 24.9. The van der Waals surface area contributed by atoms with Gasteiger partial charge in [0.25, 0.3) is 6.43 Å². The van der Waals surface area contributed by atoms with E-state index in [9.17, 15) is 13.6 Å². The smallest absolute Gasteiger partial charge is 0.356 e. The first-order valence-corrected chi connectivity index (χ1v) is 3.98. The second kappa shape index (κ2) is 4.18. The van der Waals surface area contributed by atoms with Crippen LogP contribution in [0.5, 0.6) is 0 Å². The van der Waals surface area contributed by atoms with Gasteiger partial charge in [-0.15, -0.1) is 0 Å².